The number of nitrogens with two attached hydrogens (primary N) is 1. The number of carbonyl (C=O) groups is 2. The lowest BCUT2D eigenvalue weighted by molar-refractivity contribution is -0.155. The zero-order valence-corrected chi connectivity index (χ0v) is 16.8. The first-order valence-corrected chi connectivity index (χ1v) is 10.1. The summed E-state index contributed by atoms with van der Waals surface area (Å²) in [7, 11) is 0. The first-order valence-electron chi connectivity index (χ1n) is 10.1. The van der Waals surface area contributed by atoms with Crippen LogP contribution in [-0.2, 0) is 20.7 Å². The van der Waals surface area contributed by atoms with Crippen LogP contribution in [0.4, 0.5) is 5.69 Å². The van der Waals surface area contributed by atoms with Crippen LogP contribution >= 0.6 is 0 Å². The van der Waals surface area contributed by atoms with Crippen LogP contribution < -0.4 is 5.73 Å². The van der Waals surface area contributed by atoms with Gasteiger partial charge in [0.15, 0.2) is 0 Å². The average Bonchev–Trinajstić information content (AvgIpc) is 2.74. The summed E-state index contributed by atoms with van der Waals surface area (Å²) in [6, 6.07) is 16.8. The van der Waals surface area contributed by atoms with Crippen molar-refractivity contribution in [1.82, 2.24) is 4.90 Å². The normalized spacial score (nSPS) is 19.5. The fourth-order valence-electron chi connectivity index (χ4n) is 3.57. The molecule has 0 spiro atoms. The largest absolute Gasteiger partial charge is 0.466 e. The molecule has 6 heteroatoms. The Bertz CT molecular complexity index is 807. The molecule has 2 atom stereocenters. The Kier molecular flexibility index (Phi) is 7.25. The Morgan fingerprint density at radius 3 is 2.52 bits per heavy atom. The summed E-state index contributed by atoms with van der Waals surface area (Å²) in [6.07, 6.45) is 1.01. The number of likely N-dealkylation sites (tertiary alicyclic amines) is 1. The highest BCUT2D eigenvalue weighted by Crippen LogP contribution is 2.23. The molecule has 1 aliphatic heterocycles. The summed E-state index contributed by atoms with van der Waals surface area (Å²) >= 11 is 0. The molecule has 154 valence electrons. The fourth-order valence-corrected chi connectivity index (χ4v) is 3.57. The van der Waals surface area contributed by atoms with Gasteiger partial charge in [-0.1, -0.05) is 30.3 Å². The van der Waals surface area contributed by atoms with E-state index >= 15 is 0 Å². The molecule has 1 saturated heterocycles. The molecular formula is C23H28N2O4. The van der Waals surface area contributed by atoms with E-state index in [1.165, 1.54) is 5.56 Å². The molecule has 3 rings (SSSR count). The minimum atomic E-state index is -0.493. The second kappa shape index (κ2) is 10.1. The van der Waals surface area contributed by atoms with Gasteiger partial charge in [0.2, 0.25) is 0 Å². The molecule has 2 N–H and O–H groups in total. The van der Waals surface area contributed by atoms with Crippen molar-refractivity contribution in [2.75, 3.05) is 32.0 Å². The van der Waals surface area contributed by atoms with E-state index in [4.69, 9.17) is 15.2 Å². The van der Waals surface area contributed by atoms with E-state index in [1.807, 2.05) is 18.2 Å². The van der Waals surface area contributed by atoms with Crippen LogP contribution in [0.1, 0.15) is 29.3 Å². The van der Waals surface area contributed by atoms with Gasteiger partial charge in [-0.2, -0.15) is 0 Å². The second-order valence-electron chi connectivity index (χ2n) is 7.25. The van der Waals surface area contributed by atoms with Gasteiger partial charge < -0.3 is 20.1 Å². The first kappa shape index (κ1) is 20.9. The summed E-state index contributed by atoms with van der Waals surface area (Å²) in [5, 5.41) is 0. The van der Waals surface area contributed by atoms with Gasteiger partial charge in [0.1, 0.15) is 12.0 Å². The smallest absolute Gasteiger partial charge is 0.338 e. The summed E-state index contributed by atoms with van der Waals surface area (Å²) in [6.45, 7) is 4.22. The number of ether oxygens (including phenoxy) is 2. The molecule has 2 aromatic carbocycles. The van der Waals surface area contributed by atoms with Crippen LogP contribution in [0.15, 0.2) is 54.6 Å². The van der Waals surface area contributed by atoms with Gasteiger partial charge in [0.05, 0.1) is 12.2 Å². The number of piperidine rings is 1. The SMILES string of the molecule is CCOC(=O)C1CN(CCc2ccccc2)CCC1OC(=O)c1ccc(N)cc1. The number of anilines is 1. The molecule has 2 unspecified atom stereocenters. The summed E-state index contributed by atoms with van der Waals surface area (Å²) in [5.41, 5.74) is 7.94. The zero-order valence-electron chi connectivity index (χ0n) is 16.8. The Morgan fingerprint density at radius 2 is 1.83 bits per heavy atom. The minimum Gasteiger partial charge on any atom is -0.466 e. The van der Waals surface area contributed by atoms with E-state index < -0.39 is 18.0 Å². The van der Waals surface area contributed by atoms with Crippen molar-refractivity contribution in [3.05, 3.63) is 65.7 Å². The number of hydrogen-bond donors (Lipinski definition) is 1. The van der Waals surface area contributed by atoms with Gasteiger partial charge in [0.25, 0.3) is 0 Å². The summed E-state index contributed by atoms with van der Waals surface area (Å²) in [5.74, 6) is -1.24. The maximum Gasteiger partial charge on any atom is 0.338 e. The number of nitrogen functional groups attached to an aromatic ring is 1. The molecule has 1 heterocycles. The van der Waals surface area contributed by atoms with Gasteiger partial charge >= 0.3 is 11.9 Å². The molecule has 6 nitrogen and oxygen atoms in total. The molecule has 1 fully saturated rings. The number of hydrogen-bond acceptors (Lipinski definition) is 6. The first-order chi connectivity index (χ1) is 14.1. The number of rotatable bonds is 7. The van der Waals surface area contributed by atoms with Crippen molar-refractivity contribution in [3.8, 4) is 0 Å². The van der Waals surface area contributed by atoms with E-state index in [2.05, 4.69) is 17.0 Å². The van der Waals surface area contributed by atoms with Crippen LogP contribution in [-0.4, -0.2) is 49.2 Å². The lowest BCUT2D eigenvalue weighted by Crippen LogP contribution is -2.49. The molecule has 0 aliphatic carbocycles. The monoisotopic (exact) mass is 396 g/mol. The van der Waals surface area contributed by atoms with E-state index in [-0.39, 0.29) is 5.97 Å². The third-order valence-electron chi connectivity index (χ3n) is 5.19. The molecular weight excluding hydrogens is 368 g/mol. The quantitative estimate of drug-likeness (QED) is 0.572. The minimum absolute atomic E-state index is 0.304. The van der Waals surface area contributed by atoms with E-state index in [0.717, 1.165) is 19.5 Å². The highest BCUT2D eigenvalue weighted by molar-refractivity contribution is 5.90. The highest BCUT2D eigenvalue weighted by atomic mass is 16.6. The molecule has 29 heavy (non-hydrogen) atoms. The molecule has 0 aromatic heterocycles. The van der Waals surface area contributed by atoms with Gasteiger partial charge in [-0.05, 0) is 49.6 Å². The van der Waals surface area contributed by atoms with Gasteiger partial charge in [-0.3, -0.25) is 4.79 Å². The fraction of sp³-hybridized carbons (Fsp3) is 0.391. The molecule has 0 amide bonds. The molecule has 0 bridgehead atoms. The van der Waals surface area contributed by atoms with Crippen molar-refractivity contribution in [1.29, 1.82) is 0 Å². The zero-order chi connectivity index (χ0) is 20.6. The Balaban J connectivity index is 1.63. The Morgan fingerprint density at radius 1 is 1.10 bits per heavy atom. The third-order valence-corrected chi connectivity index (χ3v) is 5.19. The maximum atomic E-state index is 12.5. The Labute approximate surface area is 171 Å². The van der Waals surface area contributed by atoms with Crippen LogP contribution in [0.2, 0.25) is 0 Å². The van der Waals surface area contributed by atoms with E-state index in [0.29, 0.717) is 30.8 Å². The second-order valence-corrected chi connectivity index (χ2v) is 7.25. The van der Waals surface area contributed by atoms with Gasteiger partial charge in [-0.15, -0.1) is 0 Å². The number of carbonyl (C=O) groups excluding carboxylic acids is 2. The molecule has 0 saturated carbocycles. The van der Waals surface area contributed by atoms with Crippen molar-refractivity contribution in [2.45, 2.75) is 25.9 Å². The lowest BCUT2D eigenvalue weighted by Gasteiger charge is -2.36. The van der Waals surface area contributed by atoms with Crippen molar-refractivity contribution < 1.29 is 19.1 Å². The predicted molar refractivity (Wildman–Crippen MR) is 111 cm³/mol. The number of benzene rings is 2. The topological polar surface area (TPSA) is 81.9 Å². The number of nitrogens with zero attached hydrogens (tertiary/aromatic N) is 1. The molecule has 2 aromatic rings. The maximum absolute atomic E-state index is 12.5. The van der Waals surface area contributed by atoms with Gasteiger partial charge in [0, 0.05) is 25.3 Å². The third kappa shape index (κ3) is 5.81. The van der Waals surface area contributed by atoms with Crippen molar-refractivity contribution in [2.24, 2.45) is 5.92 Å². The Hall–Kier alpha value is -2.86. The standard InChI is InChI=1S/C23H28N2O4/c1-2-28-23(27)20-16-25(14-12-17-6-4-3-5-7-17)15-13-21(20)29-22(26)18-8-10-19(24)11-9-18/h3-11,20-21H,2,12-16,24H2,1H3. The summed E-state index contributed by atoms with van der Waals surface area (Å²) < 4.78 is 11.0. The molecule has 0 radical (unpaired) electrons. The summed E-state index contributed by atoms with van der Waals surface area (Å²) in [4.78, 5) is 27.3. The van der Waals surface area contributed by atoms with Crippen LogP contribution in [0.25, 0.3) is 0 Å². The number of esters is 2. The van der Waals surface area contributed by atoms with E-state index in [9.17, 15) is 9.59 Å². The van der Waals surface area contributed by atoms with Crippen LogP contribution in [0.5, 0.6) is 0 Å². The molecule has 1 aliphatic rings. The average molecular weight is 396 g/mol. The van der Waals surface area contributed by atoms with E-state index in [1.54, 1.807) is 31.2 Å². The van der Waals surface area contributed by atoms with Gasteiger partial charge in [-0.25, -0.2) is 4.79 Å². The van der Waals surface area contributed by atoms with Crippen molar-refractivity contribution in [3.63, 3.8) is 0 Å². The highest BCUT2D eigenvalue weighted by Gasteiger charge is 2.38. The predicted octanol–water partition coefficient (Wildman–Crippen LogP) is 2.92. The van der Waals surface area contributed by atoms with Crippen LogP contribution in [0.3, 0.4) is 0 Å². The van der Waals surface area contributed by atoms with Crippen LogP contribution in [0, 0.1) is 5.92 Å². The lowest BCUT2D eigenvalue weighted by atomic mass is 9.94. The van der Waals surface area contributed by atoms with Crippen molar-refractivity contribution >= 4 is 17.6 Å².